The minimum atomic E-state index is -1.02. The van der Waals surface area contributed by atoms with Crippen LogP contribution >= 0.6 is 0 Å². The summed E-state index contributed by atoms with van der Waals surface area (Å²) >= 11 is 0. The largest absolute Gasteiger partial charge is 0.507 e. The Balaban J connectivity index is 1.91. The molecule has 7 heteroatoms. The van der Waals surface area contributed by atoms with Gasteiger partial charge in [0.1, 0.15) is 23.4 Å². The number of carbonyl (C=O) groups is 2. The van der Waals surface area contributed by atoms with Crippen molar-refractivity contribution < 1.29 is 23.5 Å². The molecule has 0 saturated carbocycles. The van der Waals surface area contributed by atoms with Crippen molar-refractivity contribution in [3.8, 4) is 6.07 Å². The van der Waals surface area contributed by atoms with Gasteiger partial charge >= 0.3 is 0 Å². The van der Waals surface area contributed by atoms with Crippen molar-refractivity contribution in [3.63, 3.8) is 0 Å². The molecule has 1 atom stereocenters. The number of anilines is 1. The van der Waals surface area contributed by atoms with Gasteiger partial charge in [0.05, 0.1) is 23.5 Å². The van der Waals surface area contributed by atoms with Crippen LogP contribution in [0.15, 0.2) is 70.9 Å². The standard InChI is InChI=1S/C23H15FN2O4/c1-13-11-15(6-9-17(13)24)21(27)19-20(18-3-2-10-30-18)26(23(29)22(19)28)16-7-4-14(12-25)5-8-16/h2-11,20,27H,1H3/b21-19-. The second-order valence-electron chi connectivity index (χ2n) is 6.81. The van der Waals surface area contributed by atoms with E-state index in [0.29, 0.717) is 11.3 Å². The number of benzene rings is 2. The van der Waals surface area contributed by atoms with E-state index in [0.717, 1.165) is 0 Å². The molecule has 0 aliphatic carbocycles. The molecule has 2 heterocycles. The molecule has 1 saturated heterocycles. The zero-order valence-corrected chi connectivity index (χ0v) is 15.8. The van der Waals surface area contributed by atoms with Crippen LogP contribution in [0.1, 0.15) is 28.5 Å². The summed E-state index contributed by atoms with van der Waals surface area (Å²) in [7, 11) is 0. The molecule has 4 rings (SSSR count). The number of ketones is 1. The predicted molar refractivity (Wildman–Crippen MR) is 106 cm³/mol. The second kappa shape index (κ2) is 7.33. The van der Waals surface area contributed by atoms with Gasteiger partial charge in [0, 0.05) is 11.3 Å². The van der Waals surface area contributed by atoms with Crippen molar-refractivity contribution in [2.45, 2.75) is 13.0 Å². The summed E-state index contributed by atoms with van der Waals surface area (Å²) in [6.07, 6.45) is 1.40. The van der Waals surface area contributed by atoms with Gasteiger partial charge in [0.25, 0.3) is 11.7 Å². The Morgan fingerprint density at radius 2 is 1.90 bits per heavy atom. The summed E-state index contributed by atoms with van der Waals surface area (Å²) in [4.78, 5) is 27.0. The molecule has 2 aromatic carbocycles. The SMILES string of the molecule is Cc1cc(/C(O)=C2/C(=O)C(=O)N(c3ccc(C#N)cc3)C2c2ccco2)ccc1F. The number of amides is 1. The monoisotopic (exact) mass is 402 g/mol. The van der Waals surface area contributed by atoms with E-state index in [1.165, 1.54) is 48.4 Å². The Morgan fingerprint density at radius 1 is 1.17 bits per heavy atom. The molecule has 0 bridgehead atoms. The quantitative estimate of drug-likeness (QED) is 0.402. The number of aliphatic hydroxyl groups excluding tert-OH is 1. The Morgan fingerprint density at radius 3 is 2.50 bits per heavy atom. The molecule has 1 aliphatic heterocycles. The maximum atomic E-state index is 13.7. The summed E-state index contributed by atoms with van der Waals surface area (Å²) in [6, 6.07) is 14.2. The molecular weight excluding hydrogens is 387 g/mol. The van der Waals surface area contributed by atoms with Crippen molar-refractivity contribution in [2.75, 3.05) is 4.90 Å². The van der Waals surface area contributed by atoms with E-state index < -0.39 is 29.3 Å². The zero-order chi connectivity index (χ0) is 21.4. The first-order valence-electron chi connectivity index (χ1n) is 9.03. The summed E-state index contributed by atoms with van der Waals surface area (Å²) in [5.74, 6) is -2.33. The minimum Gasteiger partial charge on any atom is -0.507 e. The Bertz CT molecular complexity index is 1220. The lowest BCUT2D eigenvalue weighted by atomic mass is 9.98. The Labute approximate surface area is 171 Å². The normalized spacial score (nSPS) is 17.9. The van der Waals surface area contributed by atoms with Gasteiger partial charge in [0.15, 0.2) is 0 Å². The average Bonchev–Trinajstić information content (AvgIpc) is 3.37. The molecule has 1 amide bonds. The van der Waals surface area contributed by atoms with Crippen LogP contribution in [-0.2, 0) is 9.59 Å². The summed E-state index contributed by atoms with van der Waals surface area (Å²) < 4.78 is 19.1. The van der Waals surface area contributed by atoms with Crippen LogP contribution in [0.3, 0.4) is 0 Å². The van der Waals surface area contributed by atoms with Crippen molar-refractivity contribution in [3.05, 3.63) is 94.7 Å². The second-order valence-corrected chi connectivity index (χ2v) is 6.81. The lowest BCUT2D eigenvalue weighted by Gasteiger charge is -2.23. The lowest BCUT2D eigenvalue weighted by Crippen LogP contribution is -2.29. The number of aryl methyl sites for hydroxylation is 1. The van der Waals surface area contributed by atoms with E-state index in [2.05, 4.69) is 0 Å². The van der Waals surface area contributed by atoms with Crippen LogP contribution in [-0.4, -0.2) is 16.8 Å². The molecule has 1 fully saturated rings. The number of furan rings is 1. The molecule has 0 radical (unpaired) electrons. The molecule has 30 heavy (non-hydrogen) atoms. The molecule has 148 valence electrons. The van der Waals surface area contributed by atoms with Gasteiger partial charge in [-0.2, -0.15) is 5.26 Å². The van der Waals surface area contributed by atoms with E-state index in [1.54, 1.807) is 24.3 Å². The van der Waals surface area contributed by atoms with Crippen LogP contribution < -0.4 is 4.90 Å². The van der Waals surface area contributed by atoms with Crippen molar-refractivity contribution in [2.24, 2.45) is 0 Å². The Hall–Kier alpha value is -4.18. The highest BCUT2D eigenvalue weighted by Crippen LogP contribution is 2.42. The number of hydrogen-bond acceptors (Lipinski definition) is 5. The molecule has 1 aliphatic rings. The van der Waals surface area contributed by atoms with Crippen LogP contribution in [0, 0.1) is 24.1 Å². The fourth-order valence-corrected chi connectivity index (χ4v) is 3.46. The van der Waals surface area contributed by atoms with Crippen molar-refractivity contribution in [1.82, 2.24) is 0 Å². The third kappa shape index (κ3) is 3.05. The van der Waals surface area contributed by atoms with Gasteiger partial charge in [-0.05, 0) is 67.1 Å². The lowest BCUT2D eigenvalue weighted by molar-refractivity contribution is -0.132. The molecule has 0 spiro atoms. The first kappa shape index (κ1) is 19.2. The first-order valence-corrected chi connectivity index (χ1v) is 9.03. The number of aliphatic hydroxyl groups is 1. The van der Waals surface area contributed by atoms with Gasteiger partial charge in [-0.3, -0.25) is 14.5 Å². The predicted octanol–water partition coefficient (Wildman–Crippen LogP) is 4.23. The van der Waals surface area contributed by atoms with E-state index in [-0.39, 0.29) is 22.5 Å². The number of nitriles is 1. The van der Waals surface area contributed by atoms with Gasteiger partial charge in [-0.15, -0.1) is 0 Å². The zero-order valence-electron chi connectivity index (χ0n) is 15.8. The molecule has 1 aromatic heterocycles. The summed E-state index contributed by atoms with van der Waals surface area (Å²) in [5.41, 5.74) is 1.10. The third-order valence-corrected chi connectivity index (χ3v) is 4.96. The number of nitrogens with zero attached hydrogens (tertiary/aromatic N) is 2. The van der Waals surface area contributed by atoms with Crippen LogP contribution in [0.4, 0.5) is 10.1 Å². The van der Waals surface area contributed by atoms with Gasteiger partial charge in [0.2, 0.25) is 0 Å². The molecular formula is C23H15FN2O4. The maximum Gasteiger partial charge on any atom is 0.300 e. The minimum absolute atomic E-state index is 0.162. The fourth-order valence-electron chi connectivity index (χ4n) is 3.46. The van der Waals surface area contributed by atoms with Crippen LogP contribution in [0.2, 0.25) is 0 Å². The van der Waals surface area contributed by atoms with Gasteiger partial charge in [-0.25, -0.2) is 4.39 Å². The molecule has 1 unspecified atom stereocenters. The smallest absolute Gasteiger partial charge is 0.300 e. The fraction of sp³-hybridized carbons (Fsp3) is 0.0870. The maximum absolute atomic E-state index is 13.7. The molecule has 1 N–H and O–H groups in total. The van der Waals surface area contributed by atoms with E-state index in [4.69, 9.17) is 9.68 Å². The van der Waals surface area contributed by atoms with Crippen LogP contribution in [0.25, 0.3) is 5.76 Å². The van der Waals surface area contributed by atoms with Gasteiger partial charge < -0.3 is 9.52 Å². The highest BCUT2D eigenvalue weighted by molar-refractivity contribution is 6.51. The highest BCUT2D eigenvalue weighted by Gasteiger charge is 2.48. The molecule has 3 aromatic rings. The topological polar surface area (TPSA) is 94.5 Å². The van der Waals surface area contributed by atoms with Gasteiger partial charge in [-0.1, -0.05) is 0 Å². The number of carbonyl (C=O) groups excluding carboxylic acids is 2. The first-order chi connectivity index (χ1) is 14.4. The van der Waals surface area contributed by atoms with Crippen molar-refractivity contribution in [1.29, 1.82) is 5.26 Å². The number of hydrogen-bond donors (Lipinski definition) is 1. The number of rotatable bonds is 3. The average molecular weight is 402 g/mol. The summed E-state index contributed by atoms with van der Waals surface area (Å²) in [5, 5.41) is 19.9. The number of Topliss-reactive ketones (excluding diaryl/α,β-unsaturated/α-hetero) is 1. The third-order valence-electron chi connectivity index (χ3n) is 4.96. The van der Waals surface area contributed by atoms with Crippen molar-refractivity contribution >= 4 is 23.1 Å². The highest BCUT2D eigenvalue weighted by atomic mass is 19.1. The summed E-state index contributed by atoms with van der Waals surface area (Å²) in [6.45, 7) is 1.53. The Kier molecular flexibility index (Phi) is 4.68. The van der Waals surface area contributed by atoms with E-state index in [9.17, 15) is 19.1 Å². The van der Waals surface area contributed by atoms with E-state index >= 15 is 0 Å². The van der Waals surface area contributed by atoms with E-state index in [1.807, 2.05) is 6.07 Å². The number of halogens is 1. The van der Waals surface area contributed by atoms with Crippen LogP contribution in [0.5, 0.6) is 0 Å². The molecule has 6 nitrogen and oxygen atoms in total.